The normalized spacial score (nSPS) is 18.7. The summed E-state index contributed by atoms with van der Waals surface area (Å²) in [7, 11) is -6.27. The number of aliphatic hydroxyl groups excluding tert-OH is 1. The molecule has 0 saturated carbocycles. The number of ether oxygens (including phenoxy) is 1. The van der Waals surface area contributed by atoms with Gasteiger partial charge in [-0.25, -0.2) is 16.8 Å². The molecule has 1 heterocycles. The van der Waals surface area contributed by atoms with E-state index < -0.39 is 38.1 Å². The molecule has 12 heteroatoms. The van der Waals surface area contributed by atoms with E-state index in [0.717, 1.165) is 5.56 Å². The highest BCUT2D eigenvalue weighted by Gasteiger charge is 2.35. The van der Waals surface area contributed by atoms with Gasteiger partial charge in [-0.2, -0.15) is 4.31 Å². The van der Waals surface area contributed by atoms with Crippen molar-refractivity contribution in [1.29, 1.82) is 0 Å². The van der Waals surface area contributed by atoms with Crippen molar-refractivity contribution in [3.05, 3.63) is 83.9 Å². The maximum atomic E-state index is 13.7. The van der Waals surface area contributed by atoms with Gasteiger partial charge in [0.15, 0.2) is 0 Å². The van der Waals surface area contributed by atoms with Gasteiger partial charge in [-0.1, -0.05) is 42.8 Å². The Hall–Kier alpha value is -3.45. The molecule has 0 fully saturated rings. The fraction of sp³-hybridized carbons (Fsp3) is 0.345. The number of benzene rings is 3. The minimum absolute atomic E-state index is 0.00479. The number of carbonyl (C=O) groups excluding carboxylic acids is 1. The zero-order valence-electron chi connectivity index (χ0n) is 23.4. The molecule has 3 atom stereocenters. The van der Waals surface area contributed by atoms with Crippen LogP contribution >= 0.6 is 0 Å². The summed E-state index contributed by atoms with van der Waals surface area (Å²) in [5, 5.41) is 9.89. The minimum atomic E-state index is -3.93. The molecule has 0 radical (unpaired) electrons. The summed E-state index contributed by atoms with van der Waals surface area (Å²) < 4.78 is 62.4. The van der Waals surface area contributed by atoms with Crippen molar-refractivity contribution in [2.45, 2.75) is 42.7 Å². The molecule has 0 saturated heterocycles. The van der Waals surface area contributed by atoms with Gasteiger partial charge in [0, 0.05) is 25.2 Å². The number of aryl methyl sites for hydroxylation is 1. The lowest BCUT2D eigenvalue weighted by Crippen LogP contribution is -2.50. The molecule has 0 spiro atoms. The quantitative estimate of drug-likeness (QED) is 0.384. The Kier molecular flexibility index (Phi) is 9.07. The maximum absolute atomic E-state index is 13.7. The molecule has 41 heavy (non-hydrogen) atoms. The van der Waals surface area contributed by atoms with Crippen molar-refractivity contribution in [2.24, 2.45) is 5.92 Å². The number of likely N-dealkylation sites (N-methyl/N-ethyl adjacent to an activating group) is 1. The number of sulfonamides is 2. The average molecular weight is 602 g/mol. The van der Waals surface area contributed by atoms with E-state index in [1.807, 2.05) is 13.8 Å². The predicted molar refractivity (Wildman–Crippen MR) is 156 cm³/mol. The van der Waals surface area contributed by atoms with Crippen LogP contribution in [0.2, 0.25) is 0 Å². The predicted octanol–water partition coefficient (Wildman–Crippen LogP) is 3.34. The number of hydrogen-bond donors (Lipinski definition) is 2. The molecule has 0 bridgehead atoms. The zero-order valence-corrected chi connectivity index (χ0v) is 25.0. The van der Waals surface area contributed by atoms with Crippen LogP contribution in [0.4, 0.5) is 5.69 Å². The summed E-state index contributed by atoms with van der Waals surface area (Å²) >= 11 is 0. The highest BCUT2D eigenvalue weighted by molar-refractivity contribution is 7.92. The van der Waals surface area contributed by atoms with E-state index in [1.165, 1.54) is 58.7 Å². The second-order valence-corrected chi connectivity index (χ2v) is 14.1. The fourth-order valence-corrected chi connectivity index (χ4v) is 6.81. The zero-order chi connectivity index (χ0) is 29.9. The number of anilines is 1. The first-order valence-corrected chi connectivity index (χ1v) is 16.1. The smallest absolute Gasteiger partial charge is 0.261 e. The Morgan fingerprint density at radius 3 is 2.32 bits per heavy atom. The van der Waals surface area contributed by atoms with E-state index in [0.29, 0.717) is 0 Å². The van der Waals surface area contributed by atoms with E-state index in [2.05, 4.69) is 4.72 Å². The number of aliphatic hydroxyl groups is 1. The molecule has 3 aromatic rings. The average Bonchev–Trinajstić information content (AvgIpc) is 2.95. The molecule has 2 N–H and O–H groups in total. The third-order valence-corrected chi connectivity index (χ3v) is 10.4. The van der Waals surface area contributed by atoms with Crippen LogP contribution in [-0.4, -0.2) is 75.9 Å². The first-order valence-electron chi connectivity index (χ1n) is 13.2. The van der Waals surface area contributed by atoms with Crippen LogP contribution in [0.15, 0.2) is 82.6 Å². The third kappa shape index (κ3) is 6.72. The lowest BCUT2D eigenvalue weighted by molar-refractivity contribution is 0.0387. The van der Waals surface area contributed by atoms with Crippen LogP contribution in [0.25, 0.3) is 0 Å². The number of amides is 1. The van der Waals surface area contributed by atoms with Crippen molar-refractivity contribution in [3.63, 3.8) is 0 Å². The second kappa shape index (κ2) is 12.2. The van der Waals surface area contributed by atoms with E-state index in [9.17, 15) is 26.7 Å². The van der Waals surface area contributed by atoms with Crippen LogP contribution in [0.3, 0.4) is 0 Å². The van der Waals surface area contributed by atoms with Gasteiger partial charge in [0.05, 0.1) is 34.5 Å². The summed E-state index contributed by atoms with van der Waals surface area (Å²) in [5.74, 6) is -0.562. The summed E-state index contributed by atoms with van der Waals surface area (Å²) in [6.45, 7) is 5.30. The first kappa shape index (κ1) is 30.5. The van der Waals surface area contributed by atoms with Crippen LogP contribution in [0, 0.1) is 12.8 Å². The highest BCUT2D eigenvalue weighted by Crippen LogP contribution is 2.32. The highest BCUT2D eigenvalue weighted by atomic mass is 32.2. The summed E-state index contributed by atoms with van der Waals surface area (Å²) in [4.78, 5) is 15.4. The number of rotatable bonds is 9. The van der Waals surface area contributed by atoms with Crippen molar-refractivity contribution < 1.29 is 31.5 Å². The minimum Gasteiger partial charge on any atom is -0.488 e. The molecule has 10 nitrogen and oxygen atoms in total. The molecule has 3 aromatic carbocycles. The standard InChI is InChI=1S/C29H35N3O7S2/c1-20-10-13-24(14-11-20)40(35,36)30-23-12-15-27-26(16-23)29(34)32(22(3)19-33)17-21(2)28(39-27)18-31(4)41(37,38)25-8-6-5-7-9-25/h5-16,21-22,28,30,33H,17-19H2,1-4H3/t21-,22+,28+/m1/s1. The third-order valence-electron chi connectivity index (χ3n) is 7.14. The Labute approximate surface area is 241 Å². The van der Waals surface area contributed by atoms with E-state index in [1.54, 1.807) is 37.3 Å². The molecule has 4 rings (SSSR count). The number of nitrogens with one attached hydrogen (secondary N) is 1. The van der Waals surface area contributed by atoms with Crippen molar-refractivity contribution >= 4 is 31.6 Å². The van der Waals surface area contributed by atoms with Crippen molar-refractivity contribution in [1.82, 2.24) is 9.21 Å². The lowest BCUT2D eigenvalue weighted by Gasteiger charge is -2.38. The SMILES string of the molecule is Cc1ccc(S(=O)(=O)Nc2ccc3c(c2)C(=O)N([C@@H](C)CO)C[C@@H](C)[C@H](CN(C)S(=O)(=O)c2ccccc2)O3)cc1. The molecule has 0 aliphatic carbocycles. The van der Waals surface area contributed by atoms with Gasteiger partial charge < -0.3 is 14.7 Å². The molecule has 220 valence electrons. The fourth-order valence-electron chi connectivity index (χ4n) is 4.56. The van der Waals surface area contributed by atoms with Gasteiger partial charge in [0.1, 0.15) is 11.9 Å². The second-order valence-electron chi connectivity index (χ2n) is 10.4. The molecule has 1 aliphatic rings. The number of fused-ring (bicyclic) bond motifs is 1. The lowest BCUT2D eigenvalue weighted by atomic mass is 9.99. The molecular weight excluding hydrogens is 566 g/mol. The Bertz CT molecular complexity index is 1600. The van der Waals surface area contributed by atoms with Gasteiger partial charge in [-0.3, -0.25) is 9.52 Å². The Morgan fingerprint density at radius 1 is 1.02 bits per heavy atom. The van der Waals surface area contributed by atoms with Crippen LogP contribution in [-0.2, 0) is 20.0 Å². The summed E-state index contributed by atoms with van der Waals surface area (Å²) in [6.07, 6.45) is -0.658. The van der Waals surface area contributed by atoms with Gasteiger partial charge in [0.2, 0.25) is 10.0 Å². The molecule has 0 unspecified atom stereocenters. The van der Waals surface area contributed by atoms with E-state index >= 15 is 0 Å². The summed E-state index contributed by atoms with van der Waals surface area (Å²) in [6, 6.07) is 18.3. The van der Waals surface area contributed by atoms with Crippen LogP contribution in [0.5, 0.6) is 5.75 Å². The topological polar surface area (TPSA) is 133 Å². The maximum Gasteiger partial charge on any atom is 0.261 e. The molecule has 0 aromatic heterocycles. The van der Waals surface area contributed by atoms with Gasteiger partial charge in [-0.15, -0.1) is 0 Å². The number of nitrogens with zero attached hydrogens (tertiary/aromatic N) is 2. The van der Waals surface area contributed by atoms with Crippen LogP contribution < -0.4 is 9.46 Å². The number of hydrogen-bond acceptors (Lipinski definition) is 7. The van der Waals surface area contributed by atoms with Gasteiger partial charge in [-0.05, 0) is 56.3 Å². The monoisotopic (exact) mass is 601 g/mol. The van der Waals surface area contributed by atoms with Crippen LogP contribution in [0.1, 0.15) is 29.8 Å². The Balaban J connectivity index is 1.68. The van der Waals surface area contributed by atoms with E-state index in [-0.39, 0.29) is 52.4 Å². The van der Waals surface area contributed by atoms with Crippen molar-refractivity contribution in [3.8, 4) is 5.75 Å². The number of carbonyl (C=O) groups is 1. The molecule has 1 aliphatic heterocycles. The molecular formula is C29H35N3O7S2. The van der Waals surface area contributed by atoms with E-state index in [4.69, 9.17) is 4.74 Å². The molecule has 1 amide bonds. The van der Waals surface area contributed by atoms with Gasteiger partial charge >= 0.3 is 0 Å². The summed E-state index contributed by atoms with van der Waals surface area (Å²) in [5.41, 5.74) is 1.17. The Morgan fingerprint density at radius 2 is 1.68 bits per heavy atom. The van der Waals surface area contributed by atoms with Crippen molar-refractivity contribution in [2.75, 3.05) is 31.5 Å². The largest absolute Gasteiger partial charge is 0.488 e. The van der Waals surface area contributed by atoms with Gasteiger partial charge in [0.25, 0.3) is 15.9 Å². The first-order chi connectivity index (χ1) is 19.3.